The van der Waals surface area contributed by atoms with Crippen molar-refractivity contribution in [1.29, 1.82) is 0 Å². The Morgan fingerprint density at radius 3 is 2.00 bits per heavy atom. The Labute approximate surface area is 232 Å². The van der Waals surface area contributed by atoms with Crippen LogP contribution in [-0.4, -0.2) is 16.1 Å². The molecular weight excluding hydrogens is 484 g/mol. The predicted octanol–water partition coefficient (Wildman–Crippen LogP) is 6.93. The molecule has 0 aliphatic heterocycles. The summed E-state index contributed by atoms with van der Waals surface area (Å²) < 4.78 is 8.25. The molecule has 5 heteroatoms. The normalized spacial score (nSPS) is 12.1. The standard InChI is InChI=1S/C34H40N2O3/c1-8-26-27(19-23-17-24(33(2,3)4)20-25(18-23)34(5,6)7)36-16-12-15-28(30(36)29(26)31(37)32(35)38)39-21-22-13-10-9-11-14-22/h9-18,20H,8,19,21H2,1-7H3,(H2,35,38). The Morgan fingerprint density at radius 1 is 0.846 bits per heavy atom. The van der Waals surface area contributed by atoms with Crippen molar-refractivity contribution in [2.45, 2.75) is 78.7 Å². The molecule has 0 saturated carbocycles. The number of primary amides is 1. The average molecular weight is 525 g/mol. The van der Waals surface area contributed by atoms with E-state index in [1.165, 1.54) is 11.1 Å². The minimum atomic E-state index is -0.966. The van der Waals surface area contributed by atoms with Crippen molar-refractivity contribution in [3.8, 4) is 5.75 Å². The van der Waals surface area contributed by atoms with Crippen LogP contribution in [0, 0.1) is 0 Å². The number of aromatic nitrogens is 1. The molecule has 4 aromatic rings. The molecule has 0 spiro atoms. The number of pyridine rings is 1. The maximum atomic E-state index is 13.3. The summed E-state index contributed by atoms with van der Waals surface area (Å²) in [7, 11) is 0. The van der Waals surface area contributed by atoms with Gasteiger partial charge in [0.05, 0.1) is 11.1 Å². The van der Waals surface area contributed by atoms with Gasteiger partial charge < -0.3 is 14.9 Å². The lowest BCUT2D eigenvalue weighted by atomic mass is 9.79. The van der Waals surface area contributed by atoms with Gasteiger partial charge in [0, 0.05) is 18.3 Å². The van der Waals surface area contributed by atoms with E-state index in [2.05, 4.69) is 59.7 Å². The molecule has 1 amide bonds. The first-order valence-corrected chi connectivity index (χ1v) is 13.6. The van der Waals surface area contributed by atoms with E-state index in [-0.39, 0.29) is 10.8 Å². The van der Waals surface area contributed by atoms with E-state index < -0.39 is 11.7 Å². The van der Waals surface area contributed by atoms with Gasteiger partial charge in [-0.15, -0.1) is 0 Å². The van der Waals surface area contributed by atoms with Crippen LogP contribution in [0.1, 0.15) is 92.3 Å². The molecule has 0 fully saturated rings. The predicted molar refractivity (Wildman–Crippen MR) is 158 cm³/mol. The molecule has 0 aliphatic rings. The van der Waals surface area contributed by atoms with E-state index in [1.807, 2.05) is 60.0 Å². The molecule has 4 rings (SSSR count). The quantitative estimate of drug-likeness (QED) is 0.201. The summed E-state index contributed by atoms with van der Waals surface area (Å²) in [5.41, 5.74) is 13.0. The number of carbonyl (C=O) groups is 2. The van der Waals surface area contributed by atoms with E-state index in [0.29, 0.717) is 36.3 Å². The molecule has 5 nitrogen and oxygen atoms in total. The van der Waals surface area contributed by atoms with E-state index in [0.717, 1.165) is 22.4 Å². The topological polar surface area (TPSA) is 73.8 Å². The molecule has 0 atom stereocenters. The number of fused-ring (bicyclic) bond motifs is 1. The van der Waals surface area contributed by atoms with Gasteiger partial charge in [0.2, 0.25) is 0 Å². The first-order valence-electron chi connectivity index (χ1n) is 13.6. The lowest BCUT2D eigenvalue weighted by Crippen LogP contribution is -2.24. The summed E-state index contributed by atoms with van der Waals surface area (Å²) in [5.74, 6) is -1.11. The number of nitrogens with two attached hydrogens (primary N) is 1. The number of ether oxygens (including phenoxy) is 1. The zero-order valence-electron chi connectivity index (χ0n) is 24.2. The zero-order chi connectivity index (χ0) is 28.5. The van der Waals surface area contributed by atoms with Crippen molar-refractivity contribution >= 4 is 17.2 Å². The zero-order valence-corrected chi connectivity index (χ0v) is 24.2. The second-order valence-corrected chi connectivity index (χ2v) is 12.3. The molecular formula is C34H40N2O3. The van der Waals surface area contributed by atoms with Crippen LogP contribution in [-0.2, 0) is 35.1 Å². The first kappa shape index (κ1) is 28.2. The second kappa shape index (κ2) is 10.7. The summed E-state index contributed by atoms with van der Waals surface area (Å²) in [6.45, 7) is 15.7. The van der Waals surface area contributed by atoms with E-state index in [9.17, 15) is 9.59 Å². The highest BCUT2D eigenvalue weighted by molar-refractivity contribution is 6.44. The van der Waals surface area contributed by atoms with Crippen molar-refractivity contribution < 1.29 is 14.3 Å². The Bertz CT molecular complexity index is 1480. The maximum absolute atomic E-state index is 13.3. The number of ketones is 1. The van der Waals surface area contributed by atoms with Crippen LogP contribution in [0.5, 0.6) is 5.75 Å². The monoisotopic (exact) mass is 524 g/mol. The summed E-state index contributed by atoms with van der Waals surface area (Å²) in [6.07, 6.45) is 3.12. The number of benzene rings is 2. The molecule has 2 N–H and O–H groups in total. The first-order chi connectivity index (χ1) is 18.3. The Hall–Kier alpha value is -3.86. The number of rotatable bonds is 8. The number of Topliss-reactive ketones (excluding diaryl/α,β-unsaturated/α-hetero) is 1. The van der Waals surface area contributed by atoms with Gasteiger partial charge in [-0.25, -0.2) is 0 Å². The van der Waals surface area contributed by atoms with Gasteiger partial charge in [0.25, 0.3) is 11.7 Å². The van der Waals surface area contributed by atoms with Crippen LogP contribution in [0.2, 0.25) is 0 Å². The summed E-state index contributed by atoms with van der Waals surface area (Å²) in [6, 6.07) is 20.5. The smallest absolute Gasteiger partial charge is 0.289 e. The Balaban J connectivity index is 1.91. The summed E-state index contributed by atoms with van der Waals surface area (Å²) >= 11 is 0. The average Bonchev–Trinajstić information content (AvgIpc) is 3.19. The summed E-state index contributed by atoms with van der Waals surface area (Å²) in [4.78, 5) is 25.5. The van der Waals surface area contributed by atoms with Gasteiger partial charge in [0.1, 0.15) is 12.4 Å². The van der Waals surface area contributed by atoms with Crippen LogP contribution < -0.4 is 10.5 Å². The fourth-order valence-electron chi connectivity index (χ4n) is 5.04. The maximum Gasteiger partial charge on any atom is 0.289 e. The third kappa shape index (κ3) is 5.93. The van der Waals surface area contributed by atoms with Crippen LogP contribution >= 0.6 is 0 Å². The Kier molecular flexibility index (Phi) is 7.74. The van der Waals surface area contributed by atoms with E-state index in [1.54, 1.807) is 0 Å². The lowest BCUT2D eigenvalue weighted by molar-refractivity contribution is -0.114. The van der Waals surface area contributed by atoms with Crippen molar-refractivity contribution in [2.75, 3.05) is 0 Å². The van der Waals surface area contributed by atoms with Crippen LogP contribution in [0.15, 0.2) is 66.9 Å². The number of nitrogens with zero attached hydrogens (tertiary/aromatic N) is 1. The summed E-state index contributed by atoms with van der Waals surface area (Å²) in [5, 5.41) is 0. The van der Waals surface area contributed by atoms with Crippen molar-refractivity contribution in [3.05, 3.63) is 106 Å². The molecule has 0 unspecified atom stereocenters. The highest BCUT2D eigenvalue weighted by Gasteiger charge is 2.28. The number of carbonyl (C=O) groups excluding carboxylic acids is 2. The largest absolute Gasteiger partial charge is 0.487 e. The molecule has 0 saturated heterocycles. The Morgan fingerprint density at radius 2 is 1.46 bits per heavy atom. The minimum Gasteiger partial charge on any atom is -0.487 e. The highest BCUT2D eigenvalue weighted by Crippen LogP contribution is 2.35. The molecule has 2 aromatic heterocycles. The third-order valence-corrected chi connectivity index (χ3v) is 7.27. The minimum absolute atomic E-state index is 0.0175. The molecule has 2 heterocycles. The van der Waals surface area contributed by atoms with Crippen LogP contribution in [0.4, 0.5) is 0 Å². The molecule has 39 heavy (non-hydrogen) atoms. The van der Waals surface area contributed by atoms with Gasteiger partial charge in [-0.2, -0.15) is 0 Å². The van der Waals surface area contributed by atoms with E-state index >= 15 is 0 Å². The van der Waals surface area contributed by atoms with Gasteiger partial charge in [-0.3, -0.25) is 9.59 Å². The fourth-order valence-corrected chi connectivity index (χ4v) is 5.04. The molecule has 2 aromatic carbocycles. The highest BCUT2D eigenvalue weighted by atomic mass is 16.5. The van der Waals surface area contributed by atoms with Crippen LogP contribution in [0.3, 0.4) is 0 Å². The SMILES string of the molecule is CCc1c(C(=O)C(N)=O)c2c(OCc3ccccc3)cccn2c1Cc1cc(C(C)(C)C)cc(C(C)(C)C)c1. The van der Waals surface area contributed by atoms with Gasteiger partial charge in [-0.05, 0) is 57.2 Å². The van der Waals surface area contributed by atoms with Crippen molar-refractivity contribution in [1.82, 2.24) is 4.40 Å². The van der Waals surface area contributed by atoms with Gasteiger partial charge >= 0.3 is 0 Å². The lowest BCUT2D eigenvalue weighted by Gasteiger charge is -2.26. The van der Waals surface area contributed by atoms with Gasteiger partial charge in [-0.1, -0.05) is 97.0 Å². The fraction of sp³-hybridized carbons (Fsp3) is 0.353. The number of hydrogen-bond acceptors (Lipinski definition) is 3. The van der Waals surface area contributed by atoms with Crippen molar-refractivity contribution in [3.63, 3.8) is 0 Å². The number of amides is 1. The number of hydrogen-bond donors (Lipinski definition) is 1. The molecule has 0 aliphatic carbocycles. The molecule has 0 radical (unpaired) electrons. The van der Waals surface area contributed by atoms with E-state index in [4.69, 9.17) is 10.5 Å². The second-order valence-electron chi connectivity index (χ2n) is 12.3. The van der Waals surface area contributed by atoms with Crippen LogP contribution in [0.25, 0.3) is 5.52 Å². The molecule has 0 bridgehead atoms. The third-order valence-electron chi connectivity index (χ3n) is 7.27. The molecule has 204 valence electrons. The van der Waals surface area contributed by atoms with Gasteiger partial charge in [0.15, 0.2) is 0 Å². The van der Waals surface area contributed by atoms with Crippen molar-refractivity contribution in [2.24, 2.45) is 5.73 Å².